The highest BCUT2D eigenvalue weighted by atomic mass is 35.5. The van der Waals surface area contributed by atoms with E-state index in [0.717, 1.165) is 11.6 Å². The van der Waals surface area contributed by atoms with Gasteiger partial charge >= 0.3 is 0 Å². The van der Waals surface area contributed by atoms with Gasteiger partial charge in [-0.3, -0.25) is 19.6 Å². The molecule has 0 radical (unpaired) electrons. The number of aromatic nitrogens is 2. The lowest BCUT2D eigenvalue weighted by Crippen LogP contribution is -1.98. The highest BCUT2D eigenvalue weighted by Crippen LogP contribution is 2.25. The zero-order valence-corrected chi connectivity index (χ0v) is 12.8. The van der Waals surface area contributed by atoms with Crippen LogP contribution in [0.25, 0.3) is 6.08 Å². The largest absolute Gasteiger partial charge is 0.289 e. The van der Waals surface area contributed by atoms with Crippen LogP contribution in [0.5, 0.6) is 0 Å². The second-order valence-electron chi connectivity index (χ2n) is 4.35. The summed E-state index contributed by atoms with van der Waals surface area (Å²) in [4.78, 5) is 22.2. The maximum absolute atomic E-state index is 12.0. The van der Waals surface area contributed by atoms with E-state index in [1.54, 1.807) is 23.2 Å². The summed E-state index contributed by atoms with van der Waals surface area (Å²) in [6, 6.07) is 3.93. The third-order valence-corrected chi connectivity index (χ3v) is 3.31. The Morgan fingerprint density at radius 3 is 2.91 bits per heavy atom. The van der Waals surface area contributed by atoms with Gasteiger partial charge in [-0.1, -0.05) is 11.6 Å². The van der Waals surface area contributed by atoms with E-state index in [4.69, 9.17) is 23.2 Å². The van der Waals surface area contributed by atoms with Gasteiger partial charge in [0.15, 0.2) is 5.78 Å². The molecule has 0 aliphatic heterocycles. The number of hydrogen-bond acceptors (Lipinski definition) is 4. The number of halogens is 2. The Bertz CT molecular complexity index is 741. The molecule has 0 bridgehead atoms. The Kier molecular flexibility index (Phi) is 5.30. The number of hydrogen-bond donors (Lipinski definition) is 0. The number of nitro groups is 1. The fourth-order valence-corrected chi connectivity index (χ4v) is 2.11. The van der Waals surface area contributed by atoms with Crippen LogP contribution in [-0.4, -0.2) is 26.4 Å². The molecule has 2 aromatic rings. The van der Waals surface area contributed by atoms with Gasteiger partial charge in [-0.2, -0.15) is 5.10 Å². The van der Waals surface area contributed by atoms with Gasteiger partial charge in [0.1, 0.15) is 5.02 Å². The molecule has 22 heavy (non-hydrogen) atoms. The summed E-state index contributed by atoms with van der Waals surface area (Å²) in [5, 5.41) is 14.9. The van der Waals surface area contributed by atoms with Crippen LogP contribution < -0.4 is 0 Å². The van der Waals surface area contributed by atoms with E-state index in [2.05, 4.69) is 5.10 Å². The monoisotopic (exact) mass is 339 g/mol. The minimum atomic E-state index is -0.626. The molecule has 0 saturated carbocycles. The first-order valence-electron chi connectivity index (χ1n) is 6.26. The van der Waals surface area contributed by atoms with Gasteiger partial charge < -0.3 is 0 Å². The molecule has 1 aromatic heterocycles. The van der Waals surface area contributed by atoms with Crippen molar-refractivity contribution in [3.8, 4) is 0 Å². The molecule has 8 heteroatoms. The number of rotatable bonds is 6. The predicted molar refractivity (Wildman–Crippen MR) is 84.4 cm³/mol. The number of carbonyl (C=O) groups excluding carboxylic acids is 1. The maximum Gasteiger partial charge on any atom is 0.288 e. The summed E-state index contributed by atoms with van der Waals surface area (Å²) < 4.78 is 1.66. The van der Waals surface area contributed by atoms with E-state index in [0.29, 0.717) is 12.4 Å². The van der Waals surface area contributed by atoms with E-state index in [9.17, 15) is 14.9 Å². The Balaban J connectivity index is 2.16. The first-order chi connectivity index (χ1) is 10.5. The predicted octanol–water partition coefficient (Wildman–Crippen LogP) is 3.58. The van der Waals surface area contributed by atoms with Crippen LogP contribution >= 0.6 is 23.2 Å². The van der Waals surface area contributed by atoms with Crippen LogP contribution in [0.4, 0.5) is 5.69 Å². The van der Waals surface area contributed by atoms with Crippen molar-refractivity contribution >= 4 is 40.7 Å². The molecule has 0 unspecified atom stereocenters. The zero-order chi connectivity index (χ0) is 16.1. The van der Waals surface area contributed by atoms with Gasteiger partial charge in [-0.05, 0) is 24.3 Å². The van der Waals surface area contributed by atoms with Crippen molar-refractivity contribution in [3.63, 3.8) is 0 Å². The smallest absolute Gasteiger partial charge is 0.288 e. The topological polar surface area (TPSA) is 78.0 Å². The summed E-state index contributed by atoms with van der Waals surface area (Å²) >= 11 is 11.3. The normalized spacial score (nSPS) is 11.0. The van der Waals surface area contributed by atoms with Crippen LogP contribution in [0.3, 0.4) is 0 Å². The minimum absolute atomic E-state index is 0.00659. The number of alkyl halides is 1. The number of allylic oxidation sites excluding steroid dienone is 1. The van der Waals surface area contributed by atoms with Crippen molar-refractivity contribution in [2.75, 3.05) is 5.88 Å². The average Bonchev–Trinajstić information content (AvgIpc) is 2.93. The standard InChI is InChI=1S/C14H11Cl2N3O3/c15-5-6-18-9-10(8-17-18)1-4-14(20)11-2-3-12(16)13(7-11)19(21)22/h1-4,7-9H,5-6H2/b4-1+. The summed E-state index contributed by atoms with van der Waals surface area (Å²) in [7, 11) is 0. The molecule has 0 aliphatic rings. The Labute approximate surface area is 136 Å². The van der Waals surface area contributed by atoms with Crippen molar-refractivity contribution in [3.05, 3.63) is 62.9 Å². The maximum atomic E-state index is 12.0. The van der Waals surface area contributed by atoms with E-state index in [-0.39, 0.29) is 22.1 Å². The van der Waals surface area contributed by atoms with E-state index >= 15 is 0 Å². The molecule has 0 spiro atoms. The average molecular weight is 340 g/mol. The Morgan fingerprint density at radius 2 is 2.23 bits per heavy atom. The van der Waals surface area contributed by atoms with Crippen LogP contribution in [0.2, 0.25) is 5.02 Å². The number of aryl methyl sites for hydroxylation is 1. The molecule has 6 nitrogen and oxygen atoms in total. The SMILES string of the molecule is O=C(/C=C/c1cnn(CCCl)c1)c1ccc(Cl)c([N+](=O)[O-])c1. The molecule has 0 atom stereocenters. The summed E-state index contributed by atoms with van der Waals surface area (Å²) in [5.41, 5.74) is 0.637. The summed E-state index contributed by atoms with van der Waals surface area (Å²) in [6.45, 7) is 0.576. The van der Waals surface area contributed by atoms with Gasteiger partial charge in [0.05, 0.1) is 17.7 Å². The molecule has 0 N–H and O–H groups in total. The van der Waals surface area contributed by atoms with Crippen molar-refractivity contribution in [2.24, 2.45) is 0 Å². The van der Waals surface area contributed by atoms with Crippen molar-refractivity contribution < 1.29 is 9.72 Å². The quantitative estimate of drug-likeness (QED) is 0.265. The second-order valence-corrected chi connectivity index (χ2v) is 5.13. The lowest BCUT2D eigenvalue weighted by Gasteiger charge is -1.98. The van der Waals surface area contributed by atoms with Crippen molar-refractivity contribution in [1.82, 2.24) is 9.78 Å². The van der Waals surface area contributed by atoms with Gasteiger partial charge in [0.25, 0.3) is 5.69 Å². The van der Waals surface area contributed by atoms with Crippen molar-refractivity contribution in [2.45, 2.75) is 6.54 Å². The number of carbonyl (C=O) groups is 1. The zero-order valence-electron chi connectivity index (χ0n) is 11.3. The van der Waals surface area contributed by atoms with E-state index in [1.807, 2.05) is 0 Å². The van der Waals surface area contributed by atoms with Crippen LogP contribution in [0.1, 0.15) is 15.9 Å². The highest BCUT2D eigenvalue weighted by Gasteiger charge is 2.15. The first-order valence-corrected chi connectivity index (χ1v) is 7.17. The second kappa shape index (κ2) is 7.20. The van der Waals surface area contributed by atoms with Crippen LogP contribution in [-0.2, 0) is 6.54 Å². The third kappa shape index (κ3) is 3.93. The molecular weight excluding hydrogens is 329 g/mol. The highest BCUT2D eigenvalue weighted by molar-refractivity contribution is 6.32. The summed E-state index contributed by atoms with van der Waals surface area (Å²) in [6.07, 6.45) is 6.26. The molecule has 0 aliphatic carbocycles. The fourth-order valence-electron chi connectivity index (χ4n) is 1.75. The lowest BCUT2D eigenvalue weighted by atomic mass is 10.1. The van der Waals surface area contributed by atoms with Gasteiger partial charge in [0.2, 0.25) is 0 Å². The fraction of sp³-hybridized carbons (Fsp3) is 0.143. The van der Waals surface area contributed by atoms with E-state index < -0.39 is 4.92 Å². The lowest BCUT2D eigenvalue weighted by molar-refractivity contribution is -0.384. The minimum Gasteiger partial charge on any atom is -0.289 e. The molecule has 114 valence electrons. The first kappa shape index (κ1) is 16.2. The molecule has 0 saturated heterocycles. The number of nitro benzene ring substituents is 1. The van der Waals surface area contributed by atoms with Gasteiger partial charge in [-0.15, -0.1) is 11.6 Å². The van der Waals surface area contributed by atoms with Gasteiger partial charge in [0, 0.05) is 29.3 Å². The number of benzene rings is 1. The van der Waals surface area contributed by atoms with E-state index in [1.165, 1.54) is 18.2 Å². The van der Waals surface area contributed by atoms with Crippen molar-refractivity contribution in [1.29, 1.82) is 0 Å². The number of nitrogens with zero attached hydrogens (tertiary/aromatic N) is 3. The van der Waals surface area contributed by atoms with Crippen LogP contribution in [0.15, 0.2) is 36.7 Å². The molecule has 0 amide bonds. The number of ketones is 1. The third-order valence-electron chi connectivity index (χ3n) is 2.82. The van der Waals surface area contributed by atoms with Gasteiger partial charge in [-0.25, -0.2) is 0 Å². The summed E-state index contributed by atoms with van der Waals surface area (Å²) in [5.74, 6) is 0.0861. The molecule has 2 rings (SSSR count). The molecular formula is C14H11Cl2N3O3. The molecule has 1 aromatic carbocycles. The molecule has 1 heterocycles. The Hall–Kier alpha value is -2.18. The van der Waals surface area contributed by atoms with Crippen LogP contribution in [0, 0.1) is 10.1 Å². The Morgan fingerprint density at radius 1 is 1.45 bits per heavy atom. The molecule has 0 fully saturated rings.